The minimum absolute atomic E-state index is 0.0740. The summed E-state index contributed by atoms with van der Waals surface area (Å²) in [5, 5.41) is 2.46. The summed E-state index contributed by atoms with van der Waals surface area (Å²) in [6.45, 7) is 6.60. The SMILES string of the molecule is C\C=C(/C=C\C(=C\F)NC(=O)C1CC(N(C)C(C)=O)CC(c2ccc(-c3ccc4c(c3)nc(C)n4C)cc2)[C@H]1C)C(F)(F)F. The Labute approximate surface area is 255 Å². The highest BCUT2D eigenvalue weighted by Gasteiger charge is 2.41. The molecule has 1 aliphatic rings. The van der Waals surface area contributed by atoms with Gasteiger partial charge in [-0.1, -0.05) is 43.3 Å². The van der Waals surface area contributed by atoms with Gasteiger partial charge in [-0.2, -0.15) is 13.2 Å². The number of amides is 2. The minimum Gasteiger partial charge on any atom is -0.343 e. The van der Waals surface area contributed by atoms with Gasteiger partial charge in [0.05, 0.1) is 22.3 Å². The Morgan fingerprint density at radius 3 is 2.32 bits per heavy atom. The lowest BCUT2D eigenvalue weighted by molar-refractivity contribution is -0.134. The average Bonchev–Trinajstić information content (AvgIpc) is 3.27. The van der Waals surface area contributed by atoms with Gasteiger partial charge in [0.2, 0.25) is 11.8 Å². The van der Waals surface area contributed by atoms with Gasteiger partial charge in [-0.05, 0) is 79.5 Å². The van der Waals surface area contributed by atoms with Gasteiger partial charge in [0, 0.05) is 33.0 Å². The number of halogens is 4. The first kappa shape index (κ1) is 32.7. The van der Waals surface area contributed by atoms with Crippen LogP contribution < -0.4 is 5.32 Å². The van der Waals surface area contributed by atoms with E-state index < -0.39 is 23.6 Å². The number of hydrogen-bond acceptors (Lipinski definition) is 3. The lowest BCUT2D eigenvalue weighted by Gasteiger charge is -2.43. The van der Waals surface area contributed by atoms with Gasteiger partial charge in [-0.25, -0.2) is 9.37 Å². The molecule has 4 atom stereocenters. The zero-order chi connectivity index (χ0) is 32.3. The normalized spacial score (nSPS) is 21.6. The van der Waals surface area contributed by atoms with Crippen molar-refractivity contribution in [2.24, 2.45) is 18.9 Å². The van der Waals surface area contributed by atoms with Gasteiger partial charge in [-0.3, -0.25) is 9.59 Å². The zero-order valence-electron chi connectivity index (χ0n) is 25.7. The van der Waals surface area contributed by atoms with Crippen molar-refractivity contribution in [2.75, 3.05) is 7.05 Å². The van der Waals surface area contributed by atoms with E-state index in [1.165, 1.54) is 13.8 Å². The third-order valence-electron chi connectivity index (χ3n) is 8.95. The summed E-state index contributed by atoms with van der Waals surface area (Å²) in [6.07, 6.45) is -1.08. The van der Waals surface area contributed by atoms with Gasteiger partial charge < -0.3 is 14.8 Å². The highest BCUT2D eigenvalue weighted by Crippen LogP contribution is 2.43. The molecule has 1 N–H and O–H groups in total. The van der Waals surface area contributed by atoms with Crippen molar-refractivity contribution in [1.82, 2.24) is 19.8 Å². The Morgan fingerprint density at radius 2 is 1.73 bits per heavy atom. The van der Waals surface area contributed by atoms with E-state index in [4.69, 9.17) is 0 Å². The summed E-state index contributed by atoms with van der Waals surface area (Å²) in [5.41, 5.74) is 3.65. The van der Waals surface area contributed by atoms with Crippen molar-refractivity contribution in [1.29, 1.82) is 0 Å². The van der Waals surface area contributed by atoms with Crippen LogP contribution in [-0.4, -0.2) is 45.5 Å². The lowest BCUT2D eigenvalue weighted by Crippen LogP contribution is -2.47. The van der Waals surface area contributed by atoms with Crippen molar-refractivity contribution in [3.8, 4) is 11.1 Å². The fraction of sp³-hybridized carbons (Fsp3) is 0.382. The number of fused-ring (bicyclic) bond motifs is 1. The number of carbonyl (C=O) groups excluding carboxylic acids is 2. The maximum Gasteiger partial charge on any atom is 0.416 e. The number of nitrogens with zero attached hydrogens (tertiary/aromatic N) is 3. The summed E-state index contributed by atoms with van der Waals surface area (Å²) in [5.74, 6) is -0.650. The maximum absolute atomic E-state index is 13.7. The van der Waals surface area contributed by atoms with Crippen LogP contribution in [-0.2, 0) is 16.6 Å². The number of allylic oxidation sites excluding steroid dienone is 4. The molecule has 1 heterocycles. The fourth-order valence-corrected chi connectivity index (χ4v) is 6.05. The molecular formula is C34H38F4N4O2. The number of aromatic nitrogens is 2. The highest BCUT2D eigenvalue weighted by molar-refractivity contribution is 5.83. The molecule has 0 bridgehead atoms. The Morgan fingerprint density at radius 1 is 1.07 bits per heavy atom. The first-order valence-electron chi connectivity index (χ1n) is 14.5. The summed E-state index contributed by atoms with van der Waals surface area (Å²) in [6, 6.07) is 14.0. The van der Waals surface area contributed by atoms with Crippen LogP contribution in [0.1, 0.15) is 50.9 Å². The number of nitrogens with one attached hydrogen (secondary N) is 1. The second-order valence-corrected chi connectivity index (χ2v) is 11.5. The molecule has 0 spiro atoms. The van der Waals surface area contributed by atoms with Crippen molar-refractivity contribution < 1.29 is 27.2 Å². The van der Waals surface area contributed by atoms with Crippen molar-refractivity contribution in [3.05, 3.63) is 89.7 Å². The lowest BCUT2D eigenvalue weighted by atomic mass is 9.67. The topological polar surface area (TPSA) is 67.2 Å². The standard InChI is InChI=1S/C34H38F4N4O2/c1-7-26(34(36,37)38)13-14-27(19-35)40-33(44)30-18-28(42(6)22(4)43)17-29(20(30)2)24-10-8-23(9-11-24)25-12-15-32-31(16-25)39-21(3)41(32)5/h7-16,19-20,28-30H,17-18H2,1-6H3,(H,40,44)/b14-13-,26-7+,27-19-/t20-,28?,29?,30?/m1/s1. The molecule has 1 saturated carbocycles. The number of alkyl halides is 3. The molecular weight excluding hydrogens is 572 g/mol. The van der Waals surface area contributed by atoms with Crippen LogP contribution in [0.2, 0.25) is 0 Å². The number of hydrogen-bond donors (Lipinski definition) is 1. The molecule has 0 saturated heterocycles. The monoisotopic (exact) mass is 610 g/mol. The van der Waals surface area contributed by atoms with Crippen LogP contribution in [0, 0.1) is 18.8 Å². The summed E-state index contributed by atoms with van der Waals surface area (Å²) >= 11 is 0. The summed E-state index contributed by atoms with van der Waals surface area (Å²) in [7, 11) is 3.67. The first-order valence-corrected chi connectivity index (χ1v) is 14.5. The highest BCUT2D eigenvalue weighted by atomic mass is 19.4. The van der Waals surface area contributed by atoms with Crippen LogP contribution in [0.5, 0.6) is 0 Å². The maximum atomic E-state index is 13.7. The number of carbonyl (C=O) groups is 2. The Kier molecular flexibility index (Phi) is 9.81. The number of benzene rings is 2. The minimum atomic E-state index is -4.61. The average molecular weight is 611 g/mol. The van der Waals surface area contributed by atoms with E-state index >= 15 is 0 Å². The van der Waals surface area contributed by atoms with Crippen LogP contribution in [0.3, 0.4) is 0 Å². The quantitative estimate of drug-likeness (QED) is 0.222. The molecule has 0 aliphatic heterocycles. The van der Waals surface area contributed by atoms with Crippen molar-refractivity contribution in [3.63, 3.8) is 0 Å². The van der Waals surface area contributed by atoms with E-state index in [0.717, 1.165) is 51.8 Å². The second-order valence-electron chi connectivity index (χ2n) is 11.5. The van der Waals surface area contributed by atoms with Gasteiger partial charge in [0.15, 0.2) is 0 Å². The predicted molar refractivity (Wildman–Crippen MR) is 164 cm³/mol. The predicted octanol–water partition coefficient (Wildman–Crippen LogP) is 7.52. The Bertz CT molecular complexity index is 1620. The van der Waals surface area contributed by atoms with E-state index in [0.29, 0.717) is 12.8 Å². The van der Waals surface area contributed by atoms with Crippen molar-refractivity contribution in [2.45, 2.75) is 58.7 Å². The van der Waals surface area contributed by atoms with E-state index in [1.54, 1.807) is 11.9 Å². The molecule has 1 fully saturated rings. The third kappa shape index (κ3) is 6.95. The molecule has 4 rings (SSSR count). The van der Waals surface area contributed by atoms with Crippen LogP contribution >= 0.6 is 0 Å². The second kappa shape index (κ2) is 13.2. The molecule has 3 aromatic rings. The molecule has 10 heteroatoms. The summed E-state index contributed by atoms with van der Waals surface area (Å²) in [4.78, 5) is 32.0. The van der Waals surface area contributed by atoms with Gasteiger partial charge in [-0.15, -0.1) is 0 Å². The van der Waals surface area contributed by atoms with Gasteiger partial charge in [0.25, 0.3) is 0 Å². The number of imidazole rings is 1. The van der Waals surface area contributed by atoms with Crippen LogP contribution in [0.4, 0.5) is 17.6 Å². The van der Waals surface area contributed by atoms with Crippen LogP contribution in [0.25, 0.3) is 22.2 Å². The van der Waals surface area contributed by atoms with Crippen LogP contribution in [0.15, 0.2) is 78.3 Å². The molecule has 1 aromatic heterocycles. The molecule has 2 aromatic carbocycles. The largest absolute Gasteiger partial charge is 0.416 e. The van der Waals surface area contributed by atoms with E-state index in [2.05, 4.69) is 22.4 Å². The van der Waals surface area contributed by atoms with E-state index in [-0.39, 0.29) is 35.8 Å². The first-order chi connectivity index (χ1) is 20.7. The molecule has 0 radical (unpaired) electrons. The molecule has 3 unspecified atom stereocenters. The number of rotatable bonds is 7. The van der Waals surface area contributed by atoms with Crippen molar-refractivity contribution >= 4 is 22.8 Å². The Hall–Kier alpha value is -4.21. The number of aryl methyl sites for hydroxylation is 2. The summed E-state index contributed by atoms with van der Waals surface area (Å²) < 4.78 is 55.1. The molecule has 1 aliphatic carbocycles. The Balaban J connectivity index is 1.59. The van der Waals surface area contributed by atoms with Gasteiger partial charge >= 0.3 is 6.18 Å². The molecule has 44 heavy (non-hydrogen) atoms. The third-order valence-corrected chi connectivity index (χ3v) is 8.95. The van der Waals surface area contributed by atoms with Gasteiger partial charge in [0.1, 0.15) is 12.2 Å². The zero-order valence-corrected chi connectivity index (χ0v) is 25.7. The molecule has 6 nitrogen and oxygen atoms in total. The molecule has 234 valence electrons. The molecule has 2 amide bonds. The van der Waals surface area contributed by atoms with E-state index in [9.17, 15) is 27.2 Å². The van der Waals surface area contributed by atoms with E-state index in [1.807, 2.05) is 55.8 Å². The smallest absolute Gasteiger partial charge is 0.343 e. The fourth-order valence-electron chi connectivity index (χ4n) is 6.05.